The lowest BCUT2D eigenvalue weighted by atomic mass is 10.1. The van der Waals surface area contributed by atoms with Crippen molar-refractivity contribution in [2.75, 3.05) is 40.0 Å². The van der Waals surface area contributed by atoms with Crippen molar-refractivity contribution in [1.29, 1.82) is 0 Å². The number of hydrogen-bond acceptors (Lipinski definition) is 4. The molecule has 0 saturated heterocycles. The summed E-state index contributed by atoms with van der Waals surface area (Å²) >= 11 is 0. The highest BCUT2D eigenvalue weighted by Crippen LogP contribution is 2.12. The van der Waals surface area contributed by atoms with Gasteiger partial charge in [0, 0.05) is 25.8 Å². The minimum absolute atomic E-state index is 0.310. The van der Waals surface area contributed by atoms with Crippen LogP contribution in [0.3, 0.4) is 0 Å². The molecule has 7 nitrogen and oxygen atoms in total. The van der Waals surface area contributed by atoms with Gasteiger partial charge in [0.1, 0.15) is 6.54 Å². The molecule has 0 atom stereocenters. The van der Waals surface area contributed by atoms with Crippen LogP contribution in [0.15, 0.2) is 0 Å². The van der Waals surface area contributed by atoms with Crippen LogP contribution >= 0.6 is 0 Å². The largest absolute Gasteiger partial charge is 0.480 e. The first-order chi connectivity index (χ1) is 9.79. The number of nitrogens with one attached hydrogen (secondary N) is 1. The summed E-state index contributed by atoms with van der Waals surface area (Å²) in [6.45, 7) is 7.37. The van der Waals surface area contributed by atoms with Crippen molar-refractivity contribution < 1.29 is 24.2 Å². The number of ether oxygens (including phenoxy) is 2. The van der Waals surface area contributed by atoms with Crippen LogP contribution in [0.5, 0.6) is 0 Å². The number of hydrogen-bond donors (Lipinski definition) is 2. The Bertz CT molecular complexity index is 315. The maximum Gasteiger partial charge on any atom is 0.323 e. The Labute approximate surface area is 126 Å². The smallest absolute Gasteiger partial charge is 0.323 e. The van der Waals surface area contributed by atoms with Crippen LogP contribution in [0.1, 0.15) is 33.6 Å². The van der Waals surface area contributed by atoms with Crippen molar-refractivity contribution in [1.82, 2.24) is 10.2 Å². The third-order valence-corrected chi connectivity index (χ3v) is 2.77. The number of carbonyl (C=O) groups is 2. The average Bonchev–Trinajstić information content (AvgIpc) is 2.37. The van der Waals surface area contributed by atoms with Crippen LogP contribution in [0, 0.1) is 0 Å². The van der Waals surface area contributed by atoms with Crippen LogP contribution in [-0.2, 0) is 14.3 Å². The van der Waals surface area contributed by atoms with Gasteiger partial charge in [-0.1, -0.05) is 0 Å². The SMILES string of the molecule is COCCOCCCCNC(=O)N(CC(=O)O)C(C)(C)C. The molecule has 0 bridgehead atoms. The molecule has 0 radical (unpaired) electrons. The van der Waals surface area contributed by atoms with Gasteiger partial charge in [-0.25, -0.2) is 4.79 Å². The molecule has 0 aliphatic carbocycles. The Morgan fingerprint density at radius 1 is 1.14 bits per heavy atom. The van der Waals surface area contributed by atoms with Crippen LogP contribution in [-0.4, -0.2) is 67.6 Å². The number of nitrogens with zero attached hydrogens (tertiary/aromatic N) is 1. The lowest BCUT2D eigenvalue weighted by molar-refractivity contribution is -0.138. The summed E-state index contributed by atoms with van der Waals surface area (Å²) < 4.78 is 10.2. The topological polar surface area (TPSA) is 88.1 Å². The van der Waals surface area contributed by atoms with Gasteiger partial charge in [-0.2, -0.15) is 0 Å². The van der Waals surface area contributed by atoms with Gasteiger partial charge < -0.3 is 24.8 Å². The van der Waals surface area contributed by atoms with Gasteiger partial charge in [0.2, 0.25) is 0 Å². The number of carbonyl (C=O) groups excluding carboxylic acids is 1. The Kier molecular flexibility index (Phi) is 9.73. The average molecular weight is 304 g/mol. The van der Waals surface area contributed by atoms with Crippen molar-refractivity contribution in [3.63, 3.8) is 0 Å². The Balaban J connectivity index is 3.91. The van der Waals surface area contributed by atoms with E-state index in [0.29, 0.717) is 26.4 Å². The van der Waals surface area contributed by atoms with Crippen molar-refractivity contribution >= 4 is 12.0 Å². The maximum atomic E-state index is 12.0. The third kappa shape index (κ3) is 10.1. The van der Waals surface area contributed by atoms with Crippen molar-refractivity contribution in [3.8, 4) is 0 Å². The minimum atomic E-state index is -1.02. The fourth-order valence-electron chi connectivity index (χ4n) is 1.61. The molecule has 0 aromatic heterocycles. The predicted octanol–water partition coefficient (Wildman–Crippen LogP) is 1.32. The molecular weight excluding hydrogens is 276 g/mol. The second kappa shape index (κ2) is 10.4. The molecule has 0 unspecified atom stereocenters. The monoisotopic (exact) mass is 304 g/mol. The summed E-state index contributed by atoms with van der Waals surface area (Å²) in [6.07, 6.45) is 1.61. The fraction of sp³-hybridized carbons (Fsp3) is 0.857. The predicted molar refractivity (Wildman–Crippen MR) is 79.4 cm³/mol. The molecular formula is C14H28N2O5. The first-order valence-electron chi connectivity index (χ1n) is 7.13. The Morgan fingerprint density at radius 2 is 1.81 bits per heavy atom. The molecule has 0 aliphatic heterocycles. The van der Waals surface area contributed by atoms with Gasteiger partial charge >= 0.3 is 12.0 Å². The van der Waals surface area contributed by atoms with Gasteiger partial charge in [-0.15, -0.1) is 0 Å². The van der Waals surface area contributed by atoms with Crippen molar-refractivity contribution in [2.45, 2.75) is 39.2 Å². The summed E-state index contributed by atoms with van der Waals surface area (Å²) in [5.41, 5.74) is -0.536. The standard InChI is InChI=1S/C14H28N2O5/c1-14(2,3)16(11-12(17)18)13(19)15-7-5-6-8-21-10-9-20-4/h5-11H2,1-4H3,(H,15,19)(H,17,18). The Morgan fingerprint density at radius 3 is 2.33 bits per heavy atom. The molecule has 0 rings (SSSR count). The van der Waals surface area contributed by atoms with E-state index in [1.54, 1.807) is 27.9 Å². The molecule has 124 valence electrons. The first-order valence-corrected chi connectivity index (χ1v) is 7.13. The molecule has 0 aromatic rings. The van der Waals surface area contributed by atoms with Gasteiger partial charge in [-0.05, 0) is 33.6 Å². The zero-order valence-electron chi connectivity index (χ0n) is 13.5. The van der Waals surface area contributed by atoms with Crippen LogP contribution in [0.4, 0.5) is 4.79 Å². The van der Waals surface area contributed by atoms with Gasteiger partial charge in [0.05, 0.1) is 13.2 Å². The number of methoxy groups -OCH3 is 1. The number of amides is 2. The molecule has 0 aliphatic rings. The molecule has 2 amide bonds. The van der Waals surface area contributed by atoms with Crippen molar-refractivity contribution in [3.05, 3.63) is 0 Å². The van der Waals surface area contributed by atoms with E-state index in [1.807, 2.05) is 0 Å². The molecule has 0 spiro atoms. The van der Waals surface area contributed by atoms with Gasteiger partial charge in [0.25, 0.3) is 0 Å². The molecule has 7 heteroatoms. The minimum Gasteiger partial charge on any atom is -0.480 e. The molecule has 0 aromatic carbocycles. The first kappa shape index (κ1) is 19.7. The molecule has 21 heavy (non-hydrogen) atoms. The zero-order chi connectivity index (χ0) is 16.3. The number of unbranched alkanes of at least 4 members (excludes halogenated alkanes) is 1. The van der Waals surface area contributed by atoms with Crippen LogP contribution in [0.2, 0.25) is 0 Å². The summed E-state index contributed by atoms with van der Waals surface area (Å²) in [5, 5.41) is 11.6. The van der Waals surface area contributed by atoms with Gasteiger partial charge in [-0.3, -0.25) is 4.79 Å². The second-order valence-corrected chi connectivity index (χ2v) is 5.69. The zero-order valence-corrected chi connectivity index (χ0v) is 13.5. The second-order valence-electron chi connectivity index (χ2n) is 5.69. The van der Waals surface area contributed by atoms with Crippen LogP contribution in [0.25, 0.3) is 0 Å². The quantitative estimate of drug-likeness (QED) is 0.594. The fourth-order valence-corrected chi connectivity index (χ4v) is 1.61. The number of carboxylic acids is 1. The van der Waals surface area contributed by atoms with E-state index in [4.69, 9.17) is 14.6 Å². The summed E-state index contributed by atoms with van der Waals surface area (Å²) in [4.78, 5) is 24.1. The summed E-state index contributed by atoms with van der Waals surface area (Å²) in [5.74, 6) is -1.02. The summed E-state index contributed by atoms with van der Waals surface area (Å²) in [6, 6.07) is -0.356. The molecule has 0 heterocycles. The lowest BCUT2D eigenvalue weighted by Crippen LogP contribution is -2.52. The maximum absolute atomic E-state index is 12.0. The lowest BCUT2D eigenvalue weighted by Gasteiger charge is -2.34. The third-order valence-electron chi connectivity index (χ3n) is 2.77. The molecule has 2 N–H and O–H groups in total. The number of rotatable bonds is 10. The number of aliphatic carboxylic acids is 1. The van der Waals surface area contributed by atoms with E-state index in [-0.39, 0.29) is 12.6 Å². The molecule has 0 saturated carbocycles. The highest BCUT2D eigenvalue weighted by molar-refractivity contribution is 5.80. The summed E-state index contributed by atoms with van der Waals surface area (Å²) in [7, 11) is 1.62. The number of carboxylic acid groups (broad SMARTS) is 1. The van der Waals surface area contributed by atoms with E-state index in [2.05, 4.69) is 5.32 Å². The van der Waals surface area contributed by atoms with Gasteiger partial charge in [0.15, 0.2) is 0 Å². The normalized spacial score (nSPS) is 11.2. The van der Waals surface area contributed by atoms with E-state index in [1.165, 1.54) is 4.90 Å². The van der Waals surface area contributed by atoms with E-state index in [0.717, 1.165) is 12.8 Å². The van der Waals surface area contributed by atoms with Crippen molar-refractivity contribution in [2.24, 2.45) is 0 Å². The van der Waals surface area contributed by atoms with E-state index < -0.39 is 11.5 Å². The van der Waals surface area contributed by atoms with E-state index >= 15 is 0 Å². The highest BCUT2D eigenvalue weighted by atomic mass is 16.5. The molecule has 0 fully saturated rings. The number of urea groups is 1. The van der Waals surface area contributed by atoms with E-state index in [9.17, 15) is 9.59 Å². The van der Waals surface area contributed by atoms with Crippen LogP contribution < -0.4 is 5.32 Å². The highest BCUT2D eigenvalue weighted by Gasteiger charge is 2.27. The Hall–Kier alpha value is -1.34.